The van der Waals surface area contributed by atoms with Crippen molar-refractivity contribution in [2.45, 2.75) is 0 Å². The van der Waals surface area contributed by atoms with Crippen LogP contribution in [-0.2, 0) is 0 Å². The van der Waals surface area contributed by atoms with E-state index in [9.17, 15) is 10.4 Å². The lowest BCUT2D eigenvalue weighted by molar-refractivity contribution is 0.472. The predicted octanol–water partition coefficient (Wildman–Crippen LogP) is 6.00. The molecule has 0 atom stereocenters. The number of nitrogens with zero attached hydrogens (tertiary/aromatic N) is 2. The van der Waals surface area contributed by atoms with Crippen LogP contribution in [0.4, 0.5) is 0 Å². The molecular weight excluding hydrogens is 408 g/mol. The third kappa shape index (κ3) is 3.68. The number of hydrogen-bond donors (Lipinski definition) is 1. The van der Waals surface area contributed by atoms with Gasteiger partial charge in [-0.15, -0.1) is 11.3 Å². The number of allylic oxidation sites excluding steroid dienone is 1. The second-order valence-corrected chi connectivity index (χ2v) is 7.07. The fraction of sp³-hybridized carbons (Fsp3) is 0. The zero-order valence-corrected chi connectivity index (χ0v) is 15.4. The van der Waals surface area contributed by atoms with E-state index >= 15 is 0 Å². The van der Waals surface area contributed by atoms with Gasteiger partial charge in [0.25, 0.3) is 0 Å². The lowest BCUT2D eigenvalue weighted by Crippen LogP contribution is -1.83. The largest absolute Gasteiger partial charge is 0.507 e. The Bertz CT molecular complexity index is 958. The van der Waals surface area contributed by atoms with Crippen LogP contribution in [0.2, 0.25) is 5.02 Å². The number of benzene rings is 2. The molecule has 3 nitrogen and oxygen atoms in total. The molecule has 24 heavy (non-hydrogen) atoms. The van der Waals surface area contributed by atoms with Crippen molar-refractivity contribution in [2.24, 2.45) is 0 Å². The summed E-state index contributed by atoms with van der Waals surface area (Å²) in [6.45, 7) is 0. The number of phenolic OH excluding ortho intramolecular Hbond substituents is 1. The van der Waals surface area contributed by atoms with Gasteiger partial charge in [-0.05, 0) is 51.8 Å². The third-order valence-corrected chi connectivity index (χ3v) is 5.04. The molecule has 0 unspecified atom stereocenters. The molecule has 3 rings (SSSR count). The molecule has 1 aromatic heterocycles. The van der Waals surface area contributed by atoms with Gasteiger partial charge in [0, 0.05) is 16.0 Å². The van der Waals surface area contributed by atoms with E-state index in [1.807, 2.05) is 29.6 Å². The first kappa shape index (κ1) is 16.7. The molecule has 118 valence electrons. The van der Waals surface area contributed by atoms with Crippen LogP contribution >= 0.6 is 38.9 Å². The maximum absolute atomic E-state index is 9.55. The smallest absolute Gasteiger partial charge is 0.134 e. The van der Waals surface area contributed by atoms with Crippen molar-refractivity contribution < 1.29 is 5.11 Å². The molecule has 0 bridgehead atoms. The summed E-state index contributed by atoms with van der Waals surface area (Å²) in [6, 6.07) is 14.7. The van der Waals surface area contributed by atoms with Gasteiger partial charge in [0.2, 0.25) is 0 Å². The maximum atomic E-state index is 9.55. The summed E-state index contributed by atoms with van der Waals surface area (Å²) in [5.74, 6) is 0.157. The predicted molar refractivity (Wildman–Crippen MR) is 102 cm³/mol. The highest BCUT2D eigenvalue weighted by molar-refractivity contribution is 9.10. The molecule has 3 aromatic rings. The average molecular weight is 418 g/mol. The normalized spacial score (nSPS) is 11.3. The molecular formula is C18H10BrClN2OS. The van der Waals surface area contributed by atoms with Crippen LogP contribution in [-0.4, -0.2) is 10.1 Å². The molecule has 0 fully saturated rings. The van der Waals surface area contributed by atoms with Crippen LogP contribution in [0.25, 0.3) is 22.9 Å². The van der Waals surface area contributed by atoms with Crippen LogP contribution in [0.5, 0.6) is 5.75 Å². The van der Waals surface area contributed by atoms with E-state index in [-0.39, 0.29) is 5.75 Å². The molecule has 1 heterocycles. The van der Waals surface area contributed by atoms with Crippen molar-refractivity contribution in [1.29, 1.82) is 5.26 Å². The Hall–Kier alpha value is -2.13. The number of halogens is 2. The summed E-state index contributed by atoms with van der Waals surface area (Å²) >= 11 is 10.6. The van der Waals surface area contributed by atoms with Gasteiger partial charge in [-0.1, -0.05) is 29.8 Å². The average Bonchev–Trinajstić information content (AvgIpc) is 3.06. The van der Waals surface area contributed by atoms with E-state index in [2.05, 4.69) is 27.0 Å². The third-order valence-electron chi connectivity index (χ3n) is 3.28. The molecule has 0 amide bonds. The highest BCUT2D eigenvalue weighted by Crippen LogP contribution is 2.30. The molecule has 0 aliphatic carbocycles. The zero-order chi connectivity index (χ0) is 17.1. The van der Waals surface area contributed by atoms with Crippen LogP contribution in [0.15, 0.2) is 52.3 Å². The number of thiazole rings is 1. The van der Waals surface area contributed by atoms with Crippen molar-refractivity contribution in [3.63, 3.8) is 0 Å². The van der Waals surface area contributed by atoms with E-state index in [0.29, 0.717) is 20.1 Å². The maximum Gasteiger partial charge on any atom is 0.134 e. The Morgan fingerprint density at radius 2 is 2.00 bits per heavy atom. The first-order chi connectivity index (χ1) is 11.6. The lowest BCUT2D eigenvalue weighted by Gasteiger charge is -1.99. The minimum atomic E-state index is 0.157. The fourth-order valence-corrected chi connectivity index (χ4v) is 3.39. The van der Waals surface area contributed by atoms with Gasteiger partial charge >= 0.3 is 0 Å². The van der Waals surface area contributed by atoms with E-state index < -0.39 is 0 Å². The van der Waals surface area contributed by atoms with E-state index in [1.54, 1.807) is 24.3 Å². The topological polar surface area (TPSA) is 56.9 Å². The summed E-state index contributed by atoms with van der Waals surface area (Å²) < 4.78 is 0.578. The van der Waals surface area contributed by atoms with Gasteiger partial charge in [0.05, 0.1) is 15.7 Å². The second kappa shape index (κ2) is 7.18. The van der Waals surface area contributed by atoms with Crippen molar-refractivity contribution in [2.75, 3.05) is 0 Å². The summed E-state index contributed by atoms with van der Waals surface area (Å²) in [7, 11) is 0. The van der Waals surface area contributed by atoms with E-state index in [4.69, 9.17) is 11.6 Å². The summed E-state index contributed by atoms with van der Waals surface area (Å²) in [5, 5.41) is 22.2. The van der Waals surface area contributed by atoms with Gasteiger partial charge in [-0.25, -0.2) is 4.98 Å². The van der Waals surface area contributed by atoms with Gasteiger partial charge in [0.15, 0.2) is 0 Å². The molecule has 0 spiro atoms. The summed E-state index contributed by atoms with van der Waals surface area (Å²) in [4.78, 5) is 4.54. The Labute approximate surface area is 156 Å². The molecule has 6 heteroatoms. The lowest BCUT2D eigenvalue weighted by atomic mass is 10.1. The number of phenols is 1. The highest BCUT2D eigenvalue weighted by atomic mass is 79.9. The standard InChI is InChI=1S/C18H10BrClN2OS/c19-15-8-11(1-6-17(15)23)7-13(9-21)18-22-16(10-24-18)12-2-4-14(20)5-3-12/h1-8,10,23H/b13-7+. The van der Waals surface area contributed by atoms with Crippen molar-refractivity contribution >= 4 is 50.5 Å². The van der Waals surface area contributed by atoms with Gasteiger partial charge in [-0.3, -0.25) is 0 Å². The van der Waals surface area contributed by atoms with Crippen molar-refractivity contribution in [1.82, 2.24) is 4.98 Å². The fourth-order valence-electron chi connectivity index (χ4n) is 2.07. The molecule has 0 radical (unpaired) electrons. The van der Waals surface area contributed by atoms with E-state index in [1.165, 1.54) is 11.3 Å². The van der Waals surface area contributed by atoms with Crippen molar-refractivity contribution in [3.05, 3.63) is 67.9 Å². The number of aromatic nitrogens is 1. The Balaban J connectivity index is 1.94. The Morgan fingerprint density at radius 3 is 2.67 bits per heavy atom. The van der Waals surface area contributed by atoms with E-state index in [0.717, 1.165) is 16.8 Å². The molecule has 0 aliphatic heterocycles. The zero-order valence-electron chi connectivity index (χ0n) is 12.2. The molecule has 1 N–H and O–H groups in total. The quantitative estimate of drug-likeness (QED) is 0.532. The molecule has 0 aliphatic rings. The van der Waals surface area contributed by atoms with Crippen LogP contribution < -0.4 is 0 Å². The second-order valence-electron chi connectivity index (χ2n) is 4.93. The van der Waals surface area contributed by atoms with Crippen LogP contribution in [0.3, 0.4) is 0 Å². The monoisotopic (exact) mass is 416 g/mol. The number of aromatic hydroxyl groups is 1. The first-order valence-corrected chi connectivity index (χ1v) is 8.94. The van der Waals surface area contributed by atoms with Crippen molar-refractivity contribution in [3.8, 4) is 23.1 Å². The minimum absolute atomic E-state index is 0.157. The Morgan fingerprint density at radius 1 is 1.25 bits per heavy atom. The van der Waals surface area contributed by atoms with Crippen LogP contribution in [0.1, 0.15) is 10.6 Å². The van der Waals surface area contributed by atoms with Gasteiger partial charge in [0.1, 0.15) is 16.8 Å². The highest BCUT2D eigenvalue weighted by Gasteiger charge is 2.09. The van der Waals surface area contributed by atoms with Gasteiger partial charge in [-0.2, -0.15) is 5.26 Å². The van der Waals surface area contributed by atoms with Crippen LogP contribution in [0, 0.1) is 11.3 Å². The molecule has 2 aromatic carbocycles. The SMILES string of the molecule is N#C/C(=C\c1ccc(O)c(Br)c1)c1nc(-c2ccc(Cl)cc2)cs1. The summed E-state index contributed by atoms with van der Waals surface area (Å²) in [6.07, 6.45) is 1.74. The number of rotatable bonds is 3. The minimum Gasteiger partial charge on any atom is -0.507 e. The number of hydrogen-bond acceptors (Lipinski definition) is 4. The first-order valence-electron chi connectivity index (χ1n) is 6.89. The molecule has 0 saturated heterocycles. The number of nitriles is 1. The Kier molecular flexibility index (Phi) is 5.00. The summed E-state index contributed by atoms with van der Waals surface area (Å²) in [5.41, 5.74) is 3.03. The molecule has 0 saturated carbocycles. The van der Waals surface area contributed by atoms with Gasteiger partial charge < -0.3 is 5.11 Å².